The molecule has 0 unspecified atom stereocenters. The van der Waals surface area contributed by atoms with E-state index >= 15 is 0 Å². The highest BCUT2D eigenvalue weighted by atomic mass is 19.2. The van der Waals surface area contributed by atoms with Crippen LogP contribution >= 0.6 is 0 Å². The molecule has 1 aromatic rings. The van der Waals surface area contributed by atoms with Crippen LogP contribution < -0.4 is 0 Å². The van der Waals surface area contributed by atoms with Crippen molar-refractivity contribution in [2.24, 2.45) is 0 Å². The summed E-state index contributed by atoms with van der Waals surface area (Å²) in [6, 6.07) is 2.12. The summed E-state index contributed by atoms with van der Waals surface area (Å²) in [6.07, 6.45) is 1.24. The number of benzene rings is 1. The maximum atomic E-state index is 13.3. The predicted octanol–water partition coefficient (Wildman–Crippen LogP) is 2.50. The van der Waals surface area contributed by atoms with Crippen molar-refractivity contribution < 1.29 is 18.3 Å². The molecule has 1 fully saturated rings. The normalized spacial score (nSPS) is 17.9. The molecule has 1 aliphatic rings. The van der Waals surface area contributed by atoms with E-state index in [0.717, 1.165) is 6.07 Å². The fraction of sp³-hybridized carbons (Fsp3) is 0.455. The highest BCUT2D eigenvalue weighted by molar-refractivity contribution is 5.28. The molecule has 0 saturated heterocycles. The van der Waals surface area contributed by atoms with Crippen LogP contribution in [0.1, 0.15) is 24.0 Å². The first-order valence-corrected chi connectivity index (χ1v) is 4.79. The minimum atomic E-state index is -1.05. The van der Waals surface area contributed by atoms with Gasteiger partial charge in [-0.05, 0) is 36.1 Å². The average Bonchev–Trinajstić information content (AvgIpc) is 2.91. The molecule has 1 N–H and O–H groups in total. The summed E-state index contributed by atoms with van der Waals surface area (Å²) in [5, 5.41) is 9.58. The molecule has 0 amide bonds. The van der Waals surface area contributed by atoms with Crippen LogP contribution in [0.4, 0.5) is 13.2 Å². The van der Waals surface area contributed by atoms with Crippen LogP contribution in [0.15, 0.2) is 12.1 Å². The summed E-state index contributed by atoms with van der Waals surface area (Å²) in [4.78, 5) is 0. The summed E-state index contributed by atoms with van der Waals surface area (Å²) in [5.41, 5.74) is -0.738. The summed E-state index contributed by atoms with van der Waals surface area (Å²) in [6.45, 7) is -0.831. The standard InChI is InChI=1S/C11H11F3O/c12-6-7-3-8(5-11(15)1-2-11)10(14)9(13)4-7/h3-4,15H,1-2,5-6H2. The minimum Gasteiger partial charge on any atom is -0.390 e. The lowest BCUT2D eigenvalue weighted by Gasteiger charge is -2.10. The van der Waals surface area contributed by atoms with Gasteiger partial charge in [0.1, 0.15) is 6.67 Å². The highest BCUT2D eigenvalue weighted by Gasteiger charge is 2.41. The lowest BCUT2D eigenvalue weighted by atomic mass is 10.0. The number of hydrogen-bond acceptors (Lipinski definition) is 1. The smallest absolute Gasteiger partial charge is 0.162 e. The zero-order chi connectivity index (χ0) is 11.1. The topological polar surface area (TPSA) is 20.2 Å². The molecule has 0 heterocycles. The van der Waals surface area contributed by atoms with E-state index in [2.05, 4.69) is 0 Å². The van der Waals surface area contributed by atoms with Crippen LogP contribution in [-0.2, 0) is 13.1 Å². The van der Waals surface area contributed by atoms with Crippen LogP contribution in [0.5, 0.6) is 0 Å². The Kier molecular flexibility index (Phi) is 2.46. The Bertz CT molecular complexity index is 386. The van der Waals surface area contributed by atoms with E-state index in [1.807, 2.05) is 0 Å². The first-order chi connectivity index (χ1) is 7.04. The largest absolute Gasteiger partial charge is 0.390 e. The number of rotatable bonds is 3. The number of alkyl halides is 1. The predicted molar refractivity (Wildman–Crippen MR) is 49.1 cm³/mol. The van der Waals surface area contributed by atoms with Gasteiger partial charge in [0.2, 0.25) is 0 Å². The van der Waals surface area contributed by atoms with Gasteiger partial charge in [0.25, 0.3) is 0 Å². The molecule has 0 aliphatic heterocycles. The zero-order valence-electron chi connectivity index (χ0n) is 8.06. The van der Waals surface area contributed by atoms with Gasteiger partial charge in [0.05, 0.1) is 5.60 Å². The molecule has 1 aromatic carbocycles. The first kappa shape index (κ1) is 10.5. The Morgan fingerprint density at radius 1 is 1.27 bits per heavy atom. The van der Waals surface area contributed by atoms with E-state index in [-0.39, 0.29) is 17.5 Å². The molecule has 0 aromatic heterocycles. The molecule has 1 aliphatic carbocycles. The van der Waals surface area contributed by atoms with Gasteiger partial charge < -0.3 is 5.11 Å². The van der Waals surface area contributed by atoms with Crippen LogP contribution in [-0.4, -0.2) is 10.7 Å². The Hall–Kier alpha value is -1.03. The third-order valence-electron chi connectivity index (χ3n) is 2.66. The molecule has 2 rings (SSSR count). The molecule has 0 bridgehead atoms. The summed E-state index contributed by atoms with van der Waals surface area (Å²) < 4.78 is 38.6. The van der Waals surface area contributed by atoms with Crippen molar-refractivity contribution in [3.63, 3.8) is 0 Å². The number of hydrogen-bond donors (Lipinski definition) is 1. The van der Waals surface area contributed by atoms with Gasteiger partial charge in [-0.1, -0.05) is 0 Å². The van der Waals surface area contributed by atoms with Crippen molar-refractivity contribution in [3.05, 3.63) is 34.9 Å². The van der Waals surface area contributed by atoms with Gasteiger partial charge >= 0.3 is 0 Å². The maximum absolute atomic E-state index is 13.3. The quantitative estimate of drug-likeness (QED) is 0.823. The molecular weight excluding hydrogens is 205 g/mol. The molecule has 0 spiro atoms. The van der Waals surface area contributed by atoms with Gasteiger partial charge in [-0.15, -0.1) is 0 Å². The van der Waals surface area contributed by atoms with Gasteiger partial charge in [-0.2, -0.15) is 0 Å². The van der Waals surface area contributed by atoms with Crippen LogP contribution in [0, 0.1) is 11.6 Å². The third kappa shape index (κ3) is 2.15. The lowest BCUT2D eigenvalue weighted by Crippen LogP contribution is -2.13. The third-order valence-corrected chi connectivity index (χ3v) is 2.66. The molecule has 0 radical (unpaired) electrons. The van der Waals surface area contributed by atoms with Gasteiger partial charge in [-0.25, -0.2) is 13.2 Å². The molecule has 0 atom stereocenters. The fourth-order valence-electron chi connectivity index (χ4n) is 1.59. The SMILES string of the molecule is OC1(Cc2cc(CF)cc(F)c2F)CC1. The lowest BCUT2D eigenvalue weighted by molar-refractivity contribution is 0.149. The van der Waals surface area contributed by atoms with Crippen LogP contribution in [0.2, 0.25) is 0 Å². The Balaban J connectivity index is 2.31. The molecule has 15 heavy (non-hydrogen) atoms. The Morgan fingerprint density at radius 2 is 1.93 bits per heavy atom. The van der Waals surface area contributed by atoms with Gasteiger partial charge in [0, 0.05) is 6.42 Å². The molecular formula is C11H11F3O. The van der Waals surface area contributed by atoms with E-state index in [1.165, 1.54) is 6.07 Å². The summed E-state index contributed by atoms with van der Waals surface area (Å²) in [5.74, 6) is -2.03. The number of halogens is 3. The molecule has 1 nitrogen and oxygen atoms in total. The van der Waals surface area contributed by atoms with Crippen molar-refractivity contribution in [1.29, 1.82) is 0 Å². The van der Waals surface area contributed by atoms with Crippen LogP contribution in [0.3, 0.4) is 0 Å². The van der Waals surface area contributed by atoms with Crippen molar-refractivity contribution in [1.82, 2.24) is 0 Å². The van der Waals surface area contributed by atoms with Gasteiger partial charge in [-0.3, -0.25) is 0 Å². The van der Waals surface area contributed by atoms with Crippen molar-refractivity contribution >= 4 is 0 Å². The molecule has 1 saturated carbocycles. The van der Waals surface area contributed by atoms with E-state index in [9.17, 15) is 18.3 Å². The highest BCUT2D eigenvalue weighted by Crippen LogP contribution is 2.39. The second-order valence-electron chi connectivity index (χ2n) is 4.09. The van der Waals surface area contributed by atoms with Gasteiger partial charge in [0.15, 0.2) is 11.6 Å². The maximum Gasteiger partial charge on any atom is 0.162 e. The van der Waals surface area contributed by atoms with E-state index in [4.69, 9.17) is 0 Å². The van der Waals surface area contributed by atoms with E-state index in [0.29, 0.717) is 12.8 Å². The summed E-state index contributed by atoms with van der Waals surface area (Å²) in [7, 11) is 0. The molecule has 82 valence electrons. The Labute approximate surface area is 85.5 Å². The monoisotopic (exact) mass is 216 g/mol. The van der Waals surface area contributed by atoms with Crippen LogP contribution in [0.25, 0.3) is 0 Å². The average molecular weight is 216 g/mol. The van der Waals surface area contributed by atoms with E-state index in [1.54, 1.807) is 0 Å². The second-order valence-corrected chi connectivity index (χ2v) is 4.09. The van der Waals surface area contributed by atoms with Crippen molar-refractivity contribution in [2.45, 2.75) is 31.5 Å². The zero-order valence-corrected chi connectivity index (χ0v) is 8.06. The number of aliphatic hydroxyl groups is 1. The summed E-state index contributed by atoms with van der Waals surface area (Å²) >= 11 is 0. The minimum absolute atomic E-state index is 0.0580. The molecule has 4 heteroatoms. The fourth-order valence-corrected chi connectivity index (χ4v) is 1.59. The van der Waals surface area contributed by atoms with Crippen molar-refractivity contribution in [2.75, 3.05) is 0 Å². The first-order valence-electron chi connectivity index (χ1n) is 4.79. The van der Waals surface area contributed by atoms with E-state index < -0.39 is 23.9 Å². The Morgan fingerprint density at radius 3 is 2.47 bits per heavy atom. The second kappa shape index (κ2) is 3.52. The van der Waals surface area contributed by atoms with Crippen molar-refractivity contribution in [3.8, 4) is 0 Å².